The molecule has 2 bridgehead atoms. The summed E-state index contributed by atoms with van der Waals surface area (Å²) >= 11 is 0. The fourth-order valence-electron chi connectivity index (χ4n) is 4.01. The third-order valence-electron chi connectivity index (χ3n) is 4.86. The van der Waals surface area contributed by atoms with E-state index < -0.39 is 0 Å². The number of hydrogen-bond donors (Lipinski definition) is 1. The van der Waals surface area contributed by atoms with Gasteiger partial charge >= 0.3 is 0 Å². The molecule has 1 aromatic rings. The molecule has 6 atom stereocenters. The molecule has 1 aromatic carbocycles. The normalized spacial score (nSPS) is 41.9. The molecule has 4 rings (SSSR count). The highest BCUT2D eigenvalue weighted by molar-refractivity contribution is 5.28. The van der Waals surface area contributed by atoms with Gasteiger partial charge < -0.3 is 9.84 Å². The number of rotatable bonds is 3. The average molecular weight is 254 g/mol. The maximum Gasteiger partial charge on any atom is 0.0761 e. The summed E-state index contributed by atoms with van der Waals surface area (Å²) in [7, 11) is 0. The Labute approximate surface area is 113 Å². The topological polar surface area (TPSA) is 29.5 Å². The van der Waals surface area contributed by atoms with Gasteiger partial charge in [0.1, 0.15) is 0 Å². The predicted molar refractivity (Wildman–Crippen MR) is 73.3 cm³/mol. The molecular weight excluding hydrogens is 236 g/mol. The molecule has 1 fully saturated rings. The molecule has 0 aliphatic heterocycles. The Morgan fingerprint density at radius 3 is 2.42 bits per heavy atom. The van der Waals surface area contributed by atoms with Crippen molar-refractivity contribution in [2.45, 2.75) is 18.8 Å². The Kier molecular flexibility index (Phi) is 2.61. The summed E-state index contributed by atoms with van der Waals surface area (Å²) in [6.45, 7) is 0.666. The molecule has 98 valence electrons. The lowest BCUT2D eigenvalue weighted by Gasteiger charge is -2.22. The summed E-state index contributed by atoms with van der Waals surface area (Å²) in [5, 5.41) is 10.0. The monoisotopic (exact) mass is 254 g/mol. The maximum atomic E-state index is 10.0. The van der Waals surface area contributed by atoms with Crippen LogP contribution >= 0.6 is 0 Å². The highest BCUT2D eigenvalue weighted by atomic mass is 16.5. The summed E-state index contributed by atoms with van der Waals surface area (Å²) in [5.74, 6) is 1.65. The van der Waals surface area contributed by atoms with E-state index >= 15 is 0 Å². The highest BCUT2D eigenvalue weighted by Gasteiger charge is 2.55. The quantitative estimate of drug-likeness (QED) is 0.840. The van der Waals surface area contributed by atoms with E-state index in [0.717, 1.165) is 0 Å². The van der Waals surface area contributed by atoms with Crippen LogP contribution in [0.25, 0.3) is 0 Å². The fraction of sp³-hybridized carbons (Fsp3) is 0.412. The summed E-state index contributed by atoms with van der Waals surface area (Å²) in [6, 6.07) is 10.3. The van der Waals surface area contributed by atoms with Crippen molar-refractivity contribution in [3.05, 3.63) is 60.2 Å². The van der Waals surface area contributed by atoms with Crippen molar-refractivity contribution in [1.82, 2.24) is 0 Å². The Morgan fingerprint density at radius 1 is 0.895 bits per heavy atom. The standard InChI is InChI=1S/C17H18O2/c18-15-9-8-12-13-6-7-14(16(12)15)17(13)19-10-11-4-2-1-3-5-11/h1-9,12-18H,10H2/t12-,13+,14-,15+,16-,17+/m0/s1. The van der Waals surface area contributed by atoms with Gasteiger partial charge in [-0.25, -0.2) is 0 Å². The molecule has 0 heterocycles. The molecule has 0 unspecified atom stereocenters. The molecule has 0 saturated heterocycles. The Morgan fingerprint density at radius 2 is 1.63 bits per heavy atom. The van der Waals surface area contributed by atoms with Crippen LogP contribution in [0.2, 0.25) is 0 Å². The summed E-state index contributed by atoms with van der Waals surface area (Å²) in [4.78, 5) is 0. The summed E-state index contributed by atoms with van der Waals surface area (Å²) in [6.07, 6.45) is 8.63. The third kappa shape index (κ3) is 1.71. The number of fused-ring (bicyclic) bond motifs is 5. The molecule has 0 spiro atoms. The van der Waals surface area contributed by atoms with Crippen molar-refractivity contribution in [1.29, 1.82) is 0 Å². The lowest BCUT2D eigenvalue weighted by molar-refractivity contribution is 0.00611. The van der Waals surface area contributed by atoms with Crippen LogP contribution in [0.1, 0.15) is 5.56 Å². The molecule has 3 aliphatic carbocycles. The van der Waals surface area contributed by atoms with Gasteiger partial charge in [0.2, 0.25) is 0 Å². The highest BCUT2D eigenvalue weighted by Crippen LogP contribution is 2.54. The first kappa shape index (κ1) is 11.4. The second-order valence-corrected chi connectivity index (χ2v) is 5.83. The van der Waals surface area contributed by atoms with Crippen LogP contribution in [0.5, 0.6) is 0 Å². The Hall–Kier alpha value is -1.38. The molecule has 1 saturated carbocycles. The van der Waals surface area contributed by atoms with Crippen molar-refractivity contribution in [3.8, 4) is 0 Å². The van der Waals surface area contributed by atoms with Gasteiger partial charge in [0.15, 0.2) is 0 Å². The number of aliphatic hydroxyl groups excluding tert-OH is 1. The van der Waals surface area contributed by atoms with E-state index in [-0.39, 0.29) is 12.2 Å². The first-order chi connectivity index (χ1) is 9.34. The van der Waals surface area contributed by atoms with Crippen LogP contribution < -0.4 is 0 Å². The molecule has 19 heavy (non-hydrogen) atoms. The van der Waals surface area contributed by atoms with E-state index in [1.54, 1.807) is 0 Å². The minimum absolute atomic E-state index is 0.245. The van der Waals surface area contributed by atoms with Crippen LogP contribution in [-0.2, 0) is 11.3 Å². The Bertz CT molecular complexity index is 519. The number of ether oxygens (including phenoxy) is 1. The van der Waals surface area contributed by atoms with Gasteiger partial charge in [0.05, 0.1) is 18.8 Å². The maximum absolute atomic E-state index is 10.0. The Balaban J connectivity index is 1.48. The zero-order valence-electron chi connectivity index (χ0n) is 10.7. The number of hydrogen-bond acceptors (Lipinski definition) is 2. The minimum atomic E-state index is -0.284. The molecule has 3 aliphatic rings. The van der Waals surface area contributed by atoms with Gasteiger partial charge in [0, 0.05) is 17.8 Å². The molecular formula is C17H18O2. The van der Waals surface area contributed by atoms with Crippen LogP contribution in [0, 0.1) is 23.7 Å². The van der Waals surface area contributed by atoms with Crippen LogP contribution in [0.15, 0.2) is 54.6 Å². The molecule has 0 amide bonds. The third-order valence-corrected chi connectivity index (χ3v) is 4.86. The lowest BCUT2D eigenvalue weighted by atomic mass is 9.84. The SMILES string of the molecule is O[C@@H]1C=C[C@H]2[C@H]3C=C[C@H]([C@@H]3OCc3ccccc3)[C@H]21. The van der Waals surface area contributed by atoms with Crippen molar-refractivity contribution in [2.24, 2.45) is 23.7 Å². The second-order valence-electron chi connectivity index (χ2n) is 5.83. The van der Waals surface area contributed by atoms with Gasteiger partial charge in [-0.15, -0.1) is 0 Å². The molecule has 0 radical (unpaired) electrons. The first-order valence-corrected chi connectivity index (χ1v) is 7.05. The zero-order chi connectivity index (χ0) is 12.8. The van der Waals surface area contributed by atoms with Crippen molar-refractivity contribution in [2.75, 3.05) is 0 Å². The molecule has 1 N–H and O–H groups in total. The summed E-state index contributed by atoms with van der Waals surface area (Å²) in [5.41, 5.74) is 1.22. The van der Waals surface area contributed by atoms with Gasteiger partial charge in [-0.1, -0.05) is 54.6 Å². The van der Waals surface area contributed by atoms with E-state index in [1.165, 1.54) is 5.56 Å². The van der Waals surface area contributed by atoms with E-state index in [0.29, 0.717) is 30.3 Å². The van der Waals surface area contributed by atoms with Gasteiger partial charge in [-0.05, 0) is 11.5 Å². The smallest absolute Gasteiger partial charge is 0.0761 e. The number of aliphatic hydroxyl groups is 1. The predicted octanol–water partition coefficient (Wildman–Crippen LogP) is 2.55. The minimum Gasteiger partial charge on any atom is -0.389 e. The fourth-order valence-corrected chi connectivity index (χ4v) is 4.01. The van der Waals surface area contributed by atoms with Crippen LogP contribution in [0.4, 0.5) is 0 Å². The summed E-state index contributed by atoms with van der Waals surface area (Å²) < 4.78 is 6.15. The van der Waals surface area contributed by atoms with Crippen molar-refractivity contribution in [3.63, 3.8) is 0 Å². The zero-order valence-corrected chi connectivity index (χ0v) is 10.7. The van der Waals surface area contributed by atoms with Crippen LogP contribution in [-0.4, -0.2) is 17.3 Å². The van der Waals surface area contributed by atoms with E-state index in [1.807, 2.05) is 24.3 Å². The van der Waals surface area contributed by atoms with E-state index in [2.05, 4.69) is 30.4 Å². The average Bonchev–Trinajstić information content (AvgIpc) is 3.10. The second kappa shape index (κ2) is 4.32. The lowest BCUT2D eigenvalue weighted by Crippen LogP contribution is -2.26. The van der Waals surface area contributed by atoms with E-state index in [9.17, 15) is 5.11 Å². The number of allylic oxidation sites excluding steroid dienone is 1. The van der Waals surface area contributed by atoms with Gasteiger partial charge in [-0.2, -0.15) is 0 Å². The van der Waals surface area contributed by atoms with Gasteiger partial charge in [-0.3, -0.25) is 0 Å². The van der Waals surface area contributed by atoms with Crippen molar-refractivity contribution < 1.29 is 9.84 Å². The van der Waals surface area contributed by atoms with Crippen molar-refractivity contribution >= 4 is 0 Å². The molecule has 0 aromatic heterocycles. The van der Waals surface area contributed by atoms with Crippen LogP contribution in [0.3, 0.4) is 0 Å². The largest absolute Gasteiger partial charge is 0.389 e. The van der Waals surface area contributed by atoms with E-state index in [4.69, 9.17) is 4.74 Å². The first-order valence-electron chi connectivity index (χ1n) is 7.05. The molecule has 2 heteroatoms. The number of benzene rings is 1. The van der Waals surface area contributed by atoms with Gasteiger partial charge in [0.25, 0.3) is 0 Å². The molecule has 2 nitrogen and oxygen atoms in total.